The van der Waals surface area contributed by atoms with Crippen LogP contribution >= 0.6 is 11.3 Å². The fourth-order valence-electron chi connectivity index (χ4n) is 3.75. The van der Waals surface area contributed by atoms with Gasteiger partial charge in [-0.15, -0.1) is 0 Å². The Hall–Kier alpha value is -3.52. The van der Waals surface area contributed by atoms with E-state index < -0.39 is 6.10 Å². The number of nitrogens with zero attached hydrogens (tertiary/aromatic N) is 2. The van der Waals surface area contributed by atoms with Gasteiger partial charge >= 0.3 is 0 Å². The van der Waals surface area contributed by atoms with Gasteiger partial charge in [0.25, 0.3) is 0 Å². The van der Waals surface area contributed by atoms with E-state index >= 15 is 0 Å². The minimum atomic E-state index is -0.725. The van der Waals surface area contributed by atoms with E-state index in [1.54, 1.807) is 13.3 Å². The van der Waals surface area contributed by atoms with E-state index in [9.17, 15) is 5.11 Å². The lowest BCUT2D eigenvalue weighted by atomic mass is 10.0. The number of hydrogen-bond donors (Lipinski definition) is 2. The summed E-state index contributed by atoms with van der Waals surface area (Å²) in [6.45, 7) is 0.343. The van der Waals surface area contributed by atoms with Crippen molar-refractivity contribution in [1.82, 2.24) is 9.97 Å². The Balaban J connectivity index is 1.38. The smallest absolute Gasteiger partial charge is 0.184 e. The lowest BCUT2D eigenvalue weighted by Crippen LogP contribution is -2.32. The van der Waals surface area contributed by atoms with Crippen molar-refractivity contribution in [3.63, 3.8) is 0 Å². The molecule has 0 aliphatic carbocycles. The van der Waals surface area contributed by atoms with Gasteiger partial charge in [-0.2, -0.15) is 0 Å². The van der Waals surface area contributed by atoms with Gasteiger partial charge in [-0.05, 0) is 35.9 Å². The van der Waals surface area contributed by atoms with E-state index in [2.05, 4.69) is 15.3 Å². The van der Waals surface area contributed by atoms with E-state index in [-0.39, 0.29) is 6.04 Å². The van der Waals surface area contributed by atoms with Crippen molar-refractivity contribution in [2.24, 2.45) is 0 Å². The first kappa shape index (κ1) is 21.3. The summed E-state index contributed by atoms with van der Waals surface area (Å²) in [5.41, 5.74) is 2.58. The molecule has 6 nitrogen and oxygen atoms in total. The normalized spacial score (nSPS) is 13.2. The van der Waals surface area contributed by atoms with E-state index in [0.29, 0.717) is 11.7 Å². The van der Waals surface area contributed by atoms with E-state index in [4.69, 9.17) is 9.47 Å². The zero-order valence-electron chi connectivity index (χ0n) is 18.0. The highest BCUT2D eigenvalue weighted by molar-refractivity contribution is 7.22. The third-order valence-corrected chi connectivity index (χ3v) is 6.32. The summed E-state index contributed by atoms with van der Waals surface area (Å²) in [6, 6.07) is 24.8. The SMILES string of the molecule is COC[C@H](Nc1nc2ccc(Oc3ccnc4ccccc34)cc2s1)[C@@H](O)c1ccccc1. The maximum Gasteiger partial charge on any atom is 0.184 e. The first-order valence-corrected chi connectivity index (χ1v) is 11.4. The molecule has 2 aromatic heterocycles. The van der Waals surface area contributed by atoms with Gasteiger partial charge in [-0.1, -0.05) is 53.8 Å². The first-order chi connectivity index (χ1) is 16.2. The average molecular weight is 458 g/mol. The molecule has 2 N–H and O–H groups in total. The molecule has 5 aromatic rings. The zero-order chi connectivity index (χ0) is 22.6. The lowest BCUT2D eigenvalue weighted by molar-refractivity contribution is 0.0956. The molecule has 2 atom stereocenters. The molecule has 0 spiro atoms. The van der Waals surface area contributed by atoms with Crippen LogP contribution < -0.4 is 10.1 Å². The van der Waals surface area contributed by atoms with Crippen LogP contribution in [0.15, 0.2) is 85.1 Å². The molecule has 33 heavy (non-hydrogen) atoms. The fraction of sp³-hybridized carbons (Fsp3) is 0.154. The van der Waals surface area contributed by atoms with Gasteiger partial charge in [0.15, 0.2) is 5.13 Å². The topological polar surface area (TPSA) is 76.5 Å². The summed E-state index contributed by atoms with van der Waals surface area (Å²) in [7, 11) is 1.62. The summed E-state index contributed by atoms with van der Waals surface area (Å²) in [6.07, 6.45) is 1.02. The van der Waals surface area contributed by atoms with Crippen LogP contribution in [0.1, 0.15) is 11.7 Å². The van der Waals surface area contributed by atoms with Crippen molar-refractivity contribution in [2.45, 2.75) is 12.1 Å². The van der Waals surface area contributed by atoms with Gasteiger partial charge in [0.1, 0.15) is 17.6 Å². The molecule has 3 aromatic carbocycles. The molecule has 0 radical (unpaired) electrons. The average Bonchev–Trinajstić information content (AvgIpc) is 3.26. The highest BCUT2D eigenvalue weighted by Crippen LogP contribution is 2.34. The summed E-state index contributed by atoms with van der Waals surface area (Å²) < 4.78 is 12.5. The molecule has 0 saturated carbocycles. The number of hydrogen-bond acceptors (Lipinski definition) is 7. The van der Waals surface area contributed by atoms with Gasteiger partial charge in [0.05, 0.1) is 28.4 Å². The van der Waals surface area contributed by atoms with Crippen molar-refractivity contribution in [2.75, 3.05) is 19.0 Å². The number of benzene rings is 3. The van der Waals surface area contributed by atoms with Crippen molar-refractivity contribution < 1.29 is 14.6 Å². The zero-order valence-corrected chi connectivity index (χ0v) is 18.8. The standard InChI is InChI=1S/C26H23N3O3S/c1-31-16-22(25(30)17-7-3-2-4-8-17)29-26-28-21-12-11-18(15-24(21)33-26)32-23-13-14-27-20-10-6-5-9-19(20)23/h2-15,22,25,30H,16H2,1H3,(H,28,29)/t22-,25-/m0/s1. The summed E-state index contributed by atoms with van der Waals surface area (Å²) in [5.74, 6) is 1.49. The third-order valence-electron chi connectivity index (χ3n) is 5.37. The van der Waals surface area contributed by atoms with Gasteiger partial charge in [0.2, 0.25) is 0 Å². The summed E-state index contributed by atoms with van der Waals surface area (Å²) >= 11 is 1.51. The number of aliphatic hydroxyl groups excluding tert-OH is 1. The summed E-state index contributed by atoms with van der Waals surface area (Å²) in [5, 5.41) is 15.9. The van der Waals surface area contributed by atoms with Crippen LogP contribution in [0.4, 0.5) is 5.13 Å². The number of anilines is 1. The molecule has 0 amide bonds. The molecule has 5 rings (SSSR count). The number of ether oxygens (including phenoxy) is 2. The third kappa shape index (κ3) is 4.66. The molecule has 7 heteroatoms. The molecule has 0 fully saturated rings. The Morgan fingerprint density at radius 1 is 0.970 bits per heavy atom. The number of thiazole rings is 1. The monoisotopic (exact) mass is 457 g/mol. The number of fused-ring (bicyclic) bond motifs is 2. The Bertz CT molecular complexity index is 1370. The van der Waals surface area contributed by atoms with E-state index in [1.807, 2.05) is 78.9 Å². The van der Waals surface area contributed by atoms with Crippen LogP contribution in [-0.4, -0.2) is 34.8 Å². The van der Waals surface area contributed by atoms with E-state index in [1.165, 1.54) is 11.3 Å². The Kier molecular flexibility index (Phi) is 6.17. The van der Waals surface area contributed by atoms with Gasteiger partial charge in [0, 0.05) is 24.8 Å². The molecule has 0 aliphatic heterocycles. The van der Waals surface area contributed by atoms with Crippen molar-refractivity contribution in [3.05, 3.63) is 90.6 Å². The molecular weight excluding hydrogens is 434 g/mol. The quantitative estimate of drug-likeness (QED) is 0.307. The van der Waals surface area contributed by atoms with E-state index in [0.717, 1.165) is 38.2 Å². The van der Waals surface area contributed by atoms with Crippen LogP contribution in [0.5, 0.6) is 11.5 Å². The molecule has 166 valence electrons. The number of para-hydroxylation sites is 1. The van der Waals surface area contributed by atoms with Gasteiger partial charge < -0.3 is 19.9 Å². The minimum absolute atomic E-state index is 0.336. The van der Waals surface area contributed by atoms with Crippen LogP contribution in [0.3, 0.4) is 0 Å². The number of aliphatic hydroxyl groups is 1. The Morgan fingerprint density at radius 3 is 2.64 bits per heavy atom. The highest BCUT2D eigenvalue weighted by Gasteiger charge is 2.22. The minimum Gasteiger partial charge on any atom is -0.457 e. The second kappa shape index (κ2) is 9.54. The second-order valence-corrected chi connectivity index (χ2v) is 8.67. The largest absolute Gasteiger partial charge is 0.457 e. The lowest BCUT2D eigenvalue weighted by Gasteiger charge is -2.23. The van der Waals surface area contributed by atoms with Crippen LogP contribution in [0, 0.1) is 0 Å². The Morgan fingerprint density at radius 2 is 1.79 bits per heavy atom. The molecule has 0 saturated heterocycles. The molecule has 0 aliphatic rings. The number of rotatable bonds is 8. The van der Waals surface area contributed by atoms with Crippen LogP contribution in [0.25, 0.3) is 21.1 Å². The maximum absolute atomic E-state index is 10.9. The molecular formula is C26H23N3O3S. The predicted molar refractivity (Wildman–Crippen MR) is 132 cm³/mol. The van der Waals surface area contributed by atoms with Gasteiger partial charge in [-0.3, -0.25) is 4.98 Å². The van der Waals surface area contributed by atoms with Crippen molar-refractivity contribution >= 4 is 37.6 Å². The Labute approximate surface area is 195 Å². The highest BCUT2D eigenvalue weighted by atomic mass is 32.1. The second-order valence-electron chi connectivity index (χ2n) is 7.64. The number of pyridine rings is 1. The summed E-state index contributed by atoms with van der Waals surface area (Å²) in [4.78, 5) is 9.07. The number of methoxy groups -OCH3 is 1. The van der Waals surface area contributed by atoms with Crippen LogP contribution in [0.2, 0.25) is 0 Å². The van der Waals surface area contributed by atoms with Crippen molar-refractivity contribution in [3.8, 4) is 11.5 Å². The molecule has 0 unspecified atom stereocenters. The van der Waals surface area contributed by atoms with Gasteiger partial charge in [-0.25, -0.2) is 4.98 Å². The maximum atomic E-state index is 10.9. The number of aromatic nitrogens is 2. The molecule has 0 bridgehead atoms. The van der Waals surface area contributed by atoms with Crippen molar-refractivity contribution in [1.29, 1.82) is 0 Å². The predicted octanol–water partition coefficient (Wildman–Crippen LogP) is 5.80. The number of nitrogens with one attached hydrogen (secondary N) is 1. The van der Waals surface area contributed by atoms with Crippen LogP contribution in [-0.2, 0) is 4.74 Å². The first-order valence-electron chi connectivity index (χ1n) is 10.6. The molecule has 2 heterocycles. The fourth-order valence-corrected chi connectivity index (χ4v) is 4.70.